The maximum atomic E-state index is 10.8. The summed E-state index contributed by atoms with van der Waals surface area (Å²) in [7, 11) is 0. The minimum Gasteiger partial charge on any atom is -0.424 e. The van der Waals surface area contributed by atoms with Crippen molar-refractivity contribution in [2.45, 2.75) is 43.8 Å². The highest BCUT2D eigenvalue weighted by atomic mass is 16.6. The Morgan fingerprint density at radius 1 is 1.33 bits per heavy atom. The Bertz CT molecular complexity index is 687. The second-order valence-corrected chi connectivity index (χ2v) is 5.88. The van der Waals surface area contributed by atoms with Gasteiger partial charge in [0.25, 0.3) is 11.7 Å². The van der Waals surface area contributed by atoms with Gasteiger partial charge in [-0.15, -0.1) is 0 Å². The van der Waals surface area contributed by atoms with E-state index in [-0.39, 0.29) is 5.69 Å². The van der Waals surface area contributed by atoms with Crippen molar-refractivity contribution in [1.82, 2.24) is 10.3 Å². The Kier molecular flexibility index (Phi) is 2.81. The lowest BCUT2D eigenvalue weighted by Gasteiger charge is -2.29. The van der Waals surface area contributed by atoms with E-state index < -0.39 is 4.92 Å². The molecule has 110 valence electrons. The molecule has 3 heterocycles. The third-order valence-corrected chi connectivity index (χ3v) is 4.38. The van der Waals surface area contributed by atoms with Crippen molar-refractivity contribution in [3.05, 3.63) is 28.3 Å². The van der Waals surface area contributed by atoms with Gasteiger partial charge in [-0.3, -0.25) is 10.1 Å². The molecule has 4 rings (SSSR count). The maximum absolute atomic E-state index is 10.8. The zero-order chi connectivity index (χ0) is 14.4. The average Bonchev–Trinajstić information content (AvgIpc) is 3.00. The summed E-state index contributed by atoms with van der Waals surface area (Å²) in [5, 5.41) is 17.7. The molecule has 2 atom stereocenters. The van der Waals surface area contributed by atoms with Crippen LogP contribution in [0.5, 0.6) is 0 Å². The van der Waals surface area contributed by atoms with Gasteiger partial charge in [-0.25, -0.2) is 0 Å². The molecule has 0 aliphatic carbocycles. The van der Waals surface area contributed by atoms with Crippen molar-refractivity contribution in [1.29, 1.82) is 0 Å². The number of rotatable bonds is 3. The zero-order valence-electron chi connectivity index (χ0n) is 11.4. The number of nitrogens with one attached hydrogen (secondary N) is 2. The molecule has 7 nitrogen and oxygen atoms in total. The first-order chi connectivity index (χ1) is 10.2. The van der Waals surface area contributed by atoms with Gasteiger partial charge < -0.3 is 15.1 Å². The van der Waals surface area contributed by atoms with Crippen molar-refractivity contribution in [3.63, 3.8) is 0 Å². The Labute approximate surface area is 120 Å². The van der Waals surface area contributed by atoms with Crippen LogP contribution in [0.25, 0.3) is 11.1 Å². The molecule has 2 aromatic rings. The molecule has 0 radical (unpaired) electrons. The molecule has 7 heteroatoms. The minimum atomic E-state index is -0.425. The molecule has 2 N–H and O–H groups in total. The van der Waals surface area contributed by atoms with E-state index in [1.54, 1.807) is 6.07 Å². The van der Waals surface area contributed by atoms with Gasteiger partial charge in [0.2, 0.25) is 0 Å². The number of aromatic nitrogens is 1. The number of oxazole rings is 1. The van der Waals surface area contributed by atoms with Gasteiger partial charge in [0, 0.05) is 30.3 Å². The Balaban J connectivity index is 1.55. The number of benzene rings is 1. The van der Waals surface area contributed by atoms with Gasteiger partial charge in [0.05, 0.1) is 4.92 Å². The molecule has 2 fully saturated rings. The second kappa shape index (κ2) is 4.70. The summed E-state index contributed by atoms with van der Waals surface area (Å²) < 4.78 is 5.63. The molecule has 1 aromatic heterocycles. The number of hydrogen-bond donors (Lipinski definition) is 2. The largest absolute Gasteiger partial charge is 0.424 e. The summed E-state index contributed by atoms with van der Waals surface area (Å²) in [4.78, 5) is 14.7. The van der Waals surface area contributed by atoms with Gasteiger partial charge in [-0.1, -0.05) is 0 Å². The maximum Gasteiger partial charge on any atom is 0.295 e. The fraction of sp³-hybridized carbons (Fsp3) is 0.500. The first-order valence-corrected chi connectivity index (χ1v) is 7.25. The molecule has 2 unspecified atom stereocenters. The Hall–Kier alpha value is -2.15. The molecular weight excluding hydrogens is 272 g/mol. The van der Waals surface area contributed by atoms with E-state index in [4.69, 9.17) is 4.42 Å². The summed E-state index contributed by atoms with van der Waals surface area (Å²) in [6, 6.07) is 6.46. The number of hydrogen-bond acceptors (Lipinski definition) is 6. The van der Waals surface area contributed by atoms with Crippen LogP contribution in [0.2, 0.25) is 0 Å². The van der Waals surface area contributed by atoms with Crippen LogP contribution in [0.15, 0.2) is 22.6 Å². The number of anilines is 1. The molecule has 2 bridgehead atoms. The summed E-state index contributed by atoms with van der Waals surface area (Å²) in [6.45, 7) is 0. The number of non-ortho nitro benzene ring substituents is 1. The van der Waals surface area contributed by atoms with Gasteiger partial charge in [-0.05, 0) is 31.7 Å². The van der Waals surface area contributed by atoms with E-state index in [0.29, 0.717) is 35.2 Å². The summed E-state index contributed by atoms with van der Waals surface area (Å²) in [5.41, 5.74) is 1.12. The monoisotopic (exact) mass is 288 g/mol. The molecule has 0 spiro atoms. The second-order valence-electron chi connectivity index (χ2n) is 5.88. The summed E-state index contributed by atoms with van der Waals surface area (Å²) >= 11 is 0. The van der Waals surface area contributed by atoms with E-state index in [9.17, 15) is 10.1 Å². The van der Waals surface area contributed by atoms with Gasteiger partial charge in [0.15, 0.2) is 5.58 Å². The van der Waals surface area contributed by atoms with Crippen molar-refractivity contribution in [2.24, 2.45) is 0 Å². The van der Waals surface area contributed by atoms with Crippen LogP contribution in [0.4, 0.5) is 11.7 Å². The first-order valence-electron chi connectivity index (χ1n) is 7.25. The van der Waals surface area contributed by atoms with Crippen molar-refractivity contribution >= 4 is 22.8 Å². The third kappa shape index (κ3) is 2.33. The highest BCUT2D eigenvalue weighted by Crippen LogP contribution is 2.30. The summed E-state index contributed by atoms with van der Waals surface area (Å²) in [5.74, 6) is 0. The van der Waals surface area contributed by atoms with Gasteiger partial charge in [0.1, 0.15) is 5.52 Å². The molecular formula is C14H16N4O3. The average molecular weight is 288 g/mol. The Morgan fingerprint density at radius 2 is 2.10 bits per heavy atom. The Morgan fingerprint density at radius 3 is 2.81 bits per heavy atom. The number of nitro benzene ring substituents is 1. The van der Waals surface area contributed by atoms with E-state index in [2.05, 4.69) is 15.6 Å². The number of fused-ring (bicyclic) bond motifs is 3. The van der Waals surface area contributed by atoms with Crippen LogP contribution in [-0.4, -0.2) is 28.0 Å². The van der Waals surface area contributed by atoms with Crippen LogP contribution in [0.1, 0.15) is 25.7 Å². The number of nitro groups is 1. The lowest BCUT2D eigenvalue weighted by Crippen LogP contribution is -2.43. The van der Waals surface area contributed by atoms with E-state index in [0.717, 1.165) is 12.8 Å². The van der Waals surface area contributed by atoms with E-state index in [1.165, 1.54) is 25.0 Å². The smallest absolute Gasteiger partial charge is 0.295 e. The van der Waals surface area contributed by atoms with Gasteiger partial charge >= 0.3 is 0 Å². The fourth-order valence-electron chi connectivity index (χ4n) is 3.44. The molecule has 2 aliphatic heterocycles. The first kappa shape index (κ1) is 12.6. The van der Waals surface area contributed by atoms with Crippen molar-refractivity contribution in [2.75, 3.05) is 5.32 Å². The predicted octanol–water partition coefficient (Wildman–Crippen LogP) is 2.43. The molecule has 0 amide bonds. The minimum absolute atomic E-state index is 0.0299. The van der Waals surface area contributed by atoms with Crippen molar-refractivity contribution < 1.29 is 9.34 Å². The SMILES string of the molecule is O=[N+]([O-])c1ccc2oc(NC3CC4CCC(C3)N4)nc2c1. The highest BCUT2D eigenvalue weighted by molar-refractivity contribution is 5.77. The zero-order valence-corrected chi connectivity index (χ0v) is 11.4. The van der Waals surface area contributed by atoms with Crippen molar-refractivity contribution in [3.8, 4) is 0 Å². The predicted molar refractivity (Wildman–Crippen MR) is 77.3 cm³/mol. The number of piperidine rings is 1. The van der Waals surface area contributed by atoms with E-state index in [1.807, 2.05) is 0 Å². The van der Waals surface area contributed by atoms with Crippen LogP contribution in [0.3, 0.4) is 0 Å². The van der Waals surface area contributed by atoms with Crippen LogP contribution >= 0.6 is 0 Å². The molecule has 2 aliphatic rings. The highest BCUT2D eigenvalue weighted by Gasteiger charge is 2.33. The summed E-state index contributed by atoms with van der Waals surface area (Å²) in [6.07, 6.45) is 4.61. The fourth-order valence-corrected chi connectivity index (χ4v) is 3.44. The standard InChI is InChI=1S/C14H16N4O3/c19-18(20)11-3-4-13-12(7-11)17-14(21-13)16-10-5-8-1-2-9(6-10)15-8/h3-4,7-10,15H,1-2,5-6H2,(H,16,17). The molecule has 21 heavy (non-hydrogen) atoms. The lowest BCUT2D eigenvalue weighted by molar-refractivity contribution is -0.384. The number of nitrogens with zero attached hydrogens (tertiary/aromatic N) is 2. The molecule has 0 saturated carbocycles. The third-order valence-electron chi connectivity index (χ3n) is 4.38. The lowest BCUT2D eigenvalue weighted by atomic mass is 10.0. The van der Waals surface area contributed by atoms with E-state index >= 15 is 0 Å². The van der Waals surface area contributed by atoms with Crippen LogP contribution < -0.4 is 10.6 Å². The van der Waals surface area contributed by atoms with Crippen LogP contribution in [0, 0.1) is 10.1 Å². The topological polar surface area (TPSA) is 93.2 Å². The quantitative estimate of drug-likeness (QED) is 0.665. The van der Waals surface area contributed by atoms with Crippen LogP contribution in [-0.2, 0) is 0 Å². The van der Waals surface area contributed by atoms with Gasteiger partial charge in [-0.2, -0.15) is 4.98 Å². The normalized spacial score (nSPS) is 27.9. The molecule has 1 aromatic carbocycles. The molecule has 2 saturated heterocycles.